The highest BCUT2D eigenvalue weighted by molar-refractivity contribution is 4.53. The van der Waals surface area contributed by atoms with Crippen LogP contribution >= 0.6 is 0 Å². The molecular weight excluding hydrogens is 192 g/mol. The van der Waals surface area contributed by atoms with Gasteiger partial charge >= 0.3 is 0 Å². The molecule has 0 amide bonds. The molecule has 4 nitrogen and oxygen atoms in total. The lowest BCUT2D eigenvalue weighted by atomic mass is 10.4. The Hall–Kier alpha value is -0.160. The van der Waals surface area contributed by atoms with Crippen LogP contribution in [0.2, 0.25) is 0 Å². The van der Waals surface area contributed by atoms with Crippen molar-refractivity contribution < 1.29 is 9.47 Å². The zero-order valence-electron chi connectivity index (χ0n) is 10.4. The van der Waals surface area contributed by atoms with Gasteiger partial charge in [0.1, 0.15) is 0 Å². The highest BCUT2D eigenvalue weighted by atomic mass is 16.5. The summed E-state index contributed by atoms with van der Waals surface area (Å²) in [5.41, 5.74) is 0. The second kappa shape index (κ2) is 11.9. The van der Waals surface area contributed by atoms with Crippen molar-refractivity contribution in [1.29, 1.82) is 0 Å². The largest absolute Gasteiger partial charge is 0.383 e. The number of nitrogens with zero attached hydrogens (tertiary/aromatic N) is 1. The first-order chi connectivity index (χ1) is 7.31. The molecule has 0 aromatic carbocycles. The van der Waals surface area contributed by atoms with E-state index in [0.29, 0.717) is 0 Å². The van der Waals surface area contributed by atoms with E-state index in [0.717, 1.165) is 46.0 Å². The lowest BCUT2D eigenvalue weighted by Crippen LogP contribution is -2.28. The summed E-state index contributed by atoms with van der Waals surface area (Å²) < 4.78 is 10.2. The van der Waals surface area contributed by atoms with Crippen LogP contribution in [-0.4, -0.2) is 65.1 Å². The van der Waals surface area contributed by atoms with E-state index in [1.807, 2.05) is 6.92 Å². The van der Waals surface area contributed by atoms with Gasteiger partial charge in [-0.15, -0.1) is 0 Å². The lowest BCUT2D eigenvalue weighted by Gasteiger charge is -2.16. The summed E-state index contributed by atoms with van der Waals surface area (Å²) in [5.74, 6) is 0. The van der Waals surface area contributed by atoms with Crippen molar-refractivity contribution in [2.24, 2.45) is 0 Å². The molecule has 1 N–H and O–H groups in total. The zero-order chi connectivity index (χ0) is 11.4. The topological polar surface area (TPSA) is 33.7 Å². The van der Waals surface area contributed by atoms with Crippen LogP contribution in [0.3, 0.4) is 0 Å². The van der Waals surface area contributed by atoms with Crippen molar-refractivity contribution in [3.05, 3.63) is 0 Å². The monoisotopic (exact) mass is 218 g/mol. The smallest absolute Gasteiger partial charge is 0.0593 e. The first-order valence-corrected chi connectivity index (χ1v) is 5.77. The van der Waals surface area contributed by atoms with Gasteiger partial charge in [0.25, 0.3) is 0 Å². The minimum absolute atomic E-state index is 0.792. The van der Waals surface area contributed by atoms with Crippen LogP contribution in [0.4, 0.5) is 0 Å². The molecule has 0 aliphatic carbocycles. The number of hydrogen-bond donors (Lipinski definition) is 1. The van der Waals surface area contributed by atoms with Crippen LogP contribution in [0.15, 0.2) is 0 Å². The van der Waals surface area contributed by atoms with Crippen LogP contribution in [0.25, 0.3) is 0 Å². The van der Waals surface area contributed by atoms with Crippen LogP contribution in [-0.2, 0) is 9.47 Å². The maximum absolute atomic E-state index is 5.29. The standard InChI is InChI=1S/C11H26N2O2/c1-4-15-11-9-13(2)8-5-6-12-7-10-14-3/h12H,4-11H2,1-3H3. The van der Waals surface area contributed by atoms with E-state index in [1.165, 1.54) is 6.42 Å². The highest BCUT2D eigenvalue weighted by Gasteiger charge is 1.97. The van der Waals surface area contributed by atoms with Gasteiger partial charge in [-0.2, -0.15) is 0 Å². The van der Waals surface area contributed by atoms with Crippen LogP contribution < -0.4 is 5.32 Å². The molecule has 0 rings (SSSR count). The van der Waals surface area contributed by atoms with Gasteiger partial charge in [0.15, 0.2) is 0 Å². The summed E-state index contributed by atoms with van der Waals surface area (Å²) in [6, 6.07) is 0. The molecule has 0 saturated carbocycles. The van der Waals surface area contributed by atoms with E-state index in [-0.39, 0.29) is 0 Å². The summed E-state index contributed by atoms with van der Waals surface area (Å²) in [6.07, 6.45) is 1.17. The molecule has 0 radical (unpaired) electrons. The van der Waals surface area contributed by atoms with Crippen molar-refractivity contribution in [2.75, 3.05) is 60.2 Å². The Balaban J connectivity index is 3.06. The minimum atomic E-state index is 0.792. The fraction of sp³-hybridized carbons (Fsp3) is 1.00. The van der Waals surface area contributed by atoms with E-state index in [4.69, 9.17) is 9.47 Å². The Morgan fingerprint density at radius 3 is 2.60 bits per heavy atom. The molecule has 92 valence electrons. The normalized spacial score (nSPS) is 11.2. The molecule has 0 unspecified atom stereocenters. The Labute approximate surface area is 93.9 Å². The molecule has 15 heavy (non-hydrogen) atoms. The minimum Gasteiger partial charge on any atom is -0.383 e. The molecule has 0 bridgehead atoms. The molecule has 0 heterocycles. The lowest BCUT2D eigenvalue weighted by molar-refractivity contribution is 0.122. The highest BCUT2D eigenvalue weighted by Crippen LogP contribution is 1.87. The molecule has 0 aliphatic rings. The summed E-state index contributed by atoms with van der Waals surface area (Å²) in [5, 5.41) is 3.33. The Kier molecular flexibility index (Phi) is 11.8. The maximum Gasteiger partial charge on any atom is 0.0593 e. The molecule has 0 spiro atoms. The van der Waals surface area contributed by atoms with Gasteiger partial charge in [0.2, 0.25) is 0 Å². The predicted molar refractivity (Wildman–Crippen MR) is 63.4 cm³/mol. The molecule has 0 aliphatic heterocycles. The van der Waals surface area contributed by atoms with Gasteiger partial charge in [-0.1, -0.05) is 0 Å². The van der Waals surface area contributed by atoms with Crippen LogP contribution in [0, 0.1) is 0 Å². The molecule has 0 fully saturated rings. The summed E-state index contributed by atoms with van der Waals surface area (Å²) in [4.78, 5) is 2.30. The Morgan fingerprint density at radius 1 is 1.13 bits per heavy atom. The fourth-order valence-electron chi connectivity index (χ4n) is 1.25. The Bertz CT molecular complexity index is 123. The van der Waals surface area contributed by atoms with Crippen molar-refractivity contribution in [2.45, 2.75) is 13.3 Å². The number of nitrogens with one attached hydrogen (secondary N) is 1. The van der Waals surface area contributed by atoms with E-state index in [2.05, 4.69) is 17.3 Å². The summed E-state index contributed by atoms with van der Waals surface area (Å²) in [6.45, 7) is 8.61. The van der Waals surface area contributed by atoms with Gasteiger partial charge in [0, 0.05) is 26.8 Å². The molecule has 0 aromatic heterocycles. The first kappa shape index (κ1) is 14.8. The van der Waals surface area contributed by atoms with E-state index in [9.17, 15) is 0 Å². The number of rotatable bonds is 11. The quantitative estimate of drug-likeness (QED) is 0.514. The Morgan fingerprint density at radius 2 is 1.93 bits per heavy atom. The number of hydrogen-bond acceptors (Lipinski definition) is 4. The van der Waals surface area contributed by atoms with Gasteiger partial charge in [0.05, 0.1) is 13.2 Å². The predicted octanol–water partition coefficient (Wildman–Crippen LogP) is 0.581. The summed E-state index contributed by atoms with van der Waals surface area (Å²) >= 11 is 0. The van der Waals surface area contributed by atoms with Crippen LogP contribution in [0.5, 0.6) is 0 Å². The van der Waals surface area contributed by atoms with Crippen molar-refractivity contribution >= 4 is 0 Å². The fourth-order valence-corrected chi connectivity index (χ4v) is 1.25. The van der Waals surface area contributed by atoms with E-state index < -0.39 is 0 Å². The molecule has 0 saturated heterocycles. The van der Waals surface area contributed by atoms with Crippen molar-refractivity contribution in [3.63, 3.8) is 0 Å². The SMILES string of the molecule is CCOCCN(C)CCCNCCOC. The van der Waals surface area contributed by atoms with Crippen molar-refractivity contribution in [3.8, 4) is 0 Å². The molecular formula is C11H26N2O2. The van der Waals surface area contributed by atoms with Crippen LogP contribution in [0.1, 0.15) is 13.3 Å². The van der Waals surface area contributed by atoms with E-state index >= 15 is 0 Å². The number of likely N-dealkylation sites (N-methyl/N-ethyl adjacent to an activating group) is 1. The second-order valence-corrected chi connectivity index (χ2v) is 3.60. The van der Waals surface area contributed by atoms with Gasteiger partial charge in [-0.25, -0.2) is 0 Å². The molecule has 4 heteroatoms. The van der Waals surface area contributed by atoms with Gasteiger partial charge in [-0.05, 0) is 33.5 Å². The molecule has 0 aromatic rings. The first-order valence-electron chi connectivity index (χ1n) is 5.77. The zero-order valence-corrected chi connectivity index (χ0v) is 10.4. The van der Waals surface area contributed by atoms with Gasteiger partial charge in [-0.3, -0.25) is 0 Å². The summed E-state index contributed by atoms with van der Waals surface area (Å²) in [7, 11) is 3.86. The van der Waals surface area contributed by atoms with Gasteiger partial charge < -0.3 is 19.7 Å². The molecule has 0 atom stereocenters. The third-order valence-electron chi connectivity index (χ3n) is 2.20. The number of methoxy groups -OCH3 is 1. The maximum atomic E-state index is 5.29. The average Bonchev–Trinajstić information content (AvgIpc) is 2.23. The van der Waals surface area contributed by atoms with E-state index in [1.54, 1.807) is 7.11 Å². The van der Waals surface area contributed by atoms with Crippen molar-refractivity contribution in [1.82, 2.24) is 10.2 Å². The second-order valence-electron chi connectivity index (χ2n) is 3.60. The third-order valence-corrected chi connectivity index (χ3v) is 2.20. The number of ether oxygens (including phenoxy) is 2. The third kappa shape index (κ3) is 11.8. The average molecular weight is 218 g/mol.